The first-order chi connectivity index (χ1) is 15.2. The van der Waals surface area contributed by atoms with Gasteiger partial charge in [0.2, 0.25) is 0 Å². The maximum absolute atomic E-state index is 13.0. The Labute approximate surface area is 186 Å². The van der Waals surface area contributed by atoms with Crippen LogP contribution in [0, 0.1) is 0 Å². The standard InChI is InChI=1S/C25H27NO6/c1-5-29-22(27)25(26-23(28)32-24(2,3)4)14-16-12-18(20-8-6-10-30-20)19(13-17(16)15-25)21-9-7-11-31-21/h6-13H,5,14-15H2,1-4H3,(H,26,28). The Hall–Kier alpha value is -3.48. The van der Waals surface area contributed by atoms with Crippen LogP contribution in [-0.4, -0.2) is 29.8 Å². The number of hydrogen-bond donors (Lipinski definition) is 1. The van der Waals surface area contributed by atoms with Gasteiger partial charge in [-0.15, -0.1) is 0 Å². The summed E-state index contributed by atoms with van der Waals surface area (Å²) in [5, 5.41) is 2.81. The van der Waals surface area contributed by atoms with Gasteiger partial charge in [0.25, 0.3) is 0 Å². The molecule has 7 heteroatoms. The van der Waals surface area contributed by atoms with E-state index in [1.165, 1.54) is 0 Å². The topological polar surface area (TPSA) is 90.9 Å². The second-order valence-electron chi connectivity index (χ2n) is 8.90. The highest BCUT2D eigenvalue weighted by atomic mass is 16.6. The molecule has 0 spiro atoms. The molecule has 0 fully saturated rings. The third-order valence-electron chi connectivity index (χ3n) is 5.30. The van der Waals surface area contributed by atoms with E-state index in [9.17, 15) is 9.59 Å². The molecule has 0 saturated heterocycles. The molecule has 1 aliphatic carbocycles. The number of amides is 1. The van der Waals surface area contributed by atoms with Crippen LogP contribution < -0.4 is 5.32 Å². The fourth-order valence-electron chi connectivity index (χ4n) is 4.05. The fraction of sp³-hybridized carbons (Fsp3) is 0.360. The SMILES string of the molecule is CCOC(=O)C1(NC(=O)OC(C)(C)C)Cc2cc(-c3ccco3)c(-c3ccco3)cc2C1. The molecule has 7 nitrogen and oxygen atoms in total. The predicted octanol–water partition coefficient (Wildman–Crippen LogP) is 5.13. The second kappa shape index (κ2) is 8.22. The third kappa shape index (κ3) is 4.28. The summed E-state index contributed by atoms with van der Waals surface area (Å²) in [7, 11) is 0. The Morgan fingerprint density at radius 3 is 1.94 bits per heavy atom. The summed E-state index contributed by atoms with van der Waals surface area (Å²) in [6.07, 6.45) is 3.14. The maximum Gasteiger partial charge on any atom is 0.408 e. The number of benzene rings is 1. The maximum atomic E-state index is 13.0. The summed E-state index contributed by atoms with van der Waals surface area (Å²) in [4.78, 5) is 25.7. The number of furan rings is 2. The number of nitrogens with one attached hydrogen (secondary N) is 1. The highest BCUT2D eigenvalue weighted by molar-refractivity contribution is 5.89. The van der Waals surface area contributed by atoms with Crippen LogP contribution in [0.4, 0.5) is 4.79 Å². The van der Waals surface area contributed by atoms with E-state index < -0.39 is 23.2 Å². The normalized spacial score (nSPS) is 14.6. The number of esters is 1. The number of rotatable bonds is 5. The molecule has 0 unspecified atom stereocenters. The van der Waals surface area contributed by atoms with Crippen molar-refractivity contribution in [2.24, 2.45) is 0 Å². The van der Waals surface area contributed by atoms with E-state index in [4.69, 9.17) is 18.3 Å². The Morgan fingerprint density at radius 1 is 1.00 bits per heavy atom. The van der Waals surface area contributed by atoms with Crippen LogP contribution in [0.25, 0.3) is 22.6 Å². The minimum Gasteiger partial charge on any atom is -0.464 e. The molecule has 168 valence electrons. The molecule has 0 bridgehead atoms. The predicted molar refractivity (Wildman–Crippen MR) is 118 cm³/mol. The van der Waals surface area contributed by atoms with Gasteiger partial charge < -0.3 is 23.6 Å². The number of carbonyl (C=O) groups is 2. The van der Waals surface area contributed by atoms with Crippen molar-refractivity contribution >= 4 is 12.1 Å². The van der Waals surface area contributed by atoms with Gasteiger partial charge in [0.05, 0.1) is 19.1 Å². The van der Waals surface area contributed by atoms with Crippen LogP contribution in [0.5, 0.6) is 0 Å². The minimum atomic E-state index is -1.25. The quantitative estimate of drug-likeness (QED) is 0.557. The van der Waals surface area contributed by atoms with Crippen molar-refractivity contribution in [3.05, 3.63) is 60.1 Å². The van der Waals surface area contributed by atoms with E-state index in [-0.39, 0.29) is 19.4 Å². The van der Waals surface area contributed by atoms with Crippen LogP contribution in [0.3, 0.4) is 0 Å². The van der Waals surface area contributed by atoms with E-state index in [1.54, 1.807) is 40.2 Å². The monoisotopic (exact) mass is 437 g/mol. The van der Waals surface area contributed by atoms with Gasteiger partial charge in [-0.2, -0.15) is 0 Å². The first kappa shape index (κ1) is 21.7. The van der Waals surface area contributed by atoms with Crippen LogP contribution in [0.2, 0.25) is 0 Å². The summed E-state index contributed by atoms with van der Waals surface area (Å²) in [6, 6.07) is 11.4. The van der Waals surface area contributed by atoms with E-state index in [2.05, 4.69) is 5.32 Å². The van der Waals surface area contributed by atoms with Gasteiger partial charge in [-0.05, 0) is 75.2 Å². The van der Waals surface area contributed by atoms with Gasteiger partial charge in [0, 0.05) is 24.0 Å². The lowest BCUT2D eigenvalue weighted by molar-refractivity contribution is -0.150. The van der Waals surface area contributed by atoms with Gasteiger partial charge in [-0.25, -0.2) is 9.59 Å². The smallest absolute Gasteiger partial charge is 0.408 e. The Balaban J connectivity index is 1.75. The summed E-state index contributed by atoms with van der Waals surface area (Å²) in [5.74, 6) is 0.891. The lowest BCUT2D eigenvalue weighted by Gasteiger charge is -2.29. The third-order valence-corrected chi connectivity index (χ3v) is 5.30. The molecule has 3 aromatic rings. The highest BCUT2D eigenvalue weighted by Crippen LogP contribution is 2.40. The van der Waals surface area contributed by atoms with Crippen LogP contribution in [0.1, 0.15) is 38.8 Å². The van der Waals surface area contributed by atoms with E-state index >= 15 is 0 Å². The fourth-order valence-corrected chi connectivity index (χ4v) is 4.05. The van der Waals surface area contributed by atoms with Gasteiger partial charge in [0.1, 0.15) is 22.7 Å². The summed E-state index contributed by atoms with van der Waals surface area (Å²) >= 11 is 0. The van der Waals surface area contributed by atoms with Crippen molar-refractivity contribution in [3.8, 4) is 22.6 Å². The number of ether oxygens (including phenoxy) is 2. The molecule has 0 radical (unpaired) electrons. The molecular formula is C25H27NO6. The molecule has 1 aromatic carbocycles. The van der Waals surface area contributed by atoms with E-state index in [0.717, 1.165) is 22.3 Å². The van der Waals surface area contributed by atoms with Crippen LogP contribution >= 0.6 is 0 Å². The summed E-state index contributed by atoms with van der Waals surface area (Å²) in [5.41, 5.74) is 1.61. The minimum absolute atomic E-state index is 0.211. The highest BCUT2D eigenvalue weighted by Gasteiger charge is 2.47. The summed E-state index contributed by atoms with van der Waals surface area (Å²) in [6.45, 7) is 7.28. The Kier molecular flexibility index (Phi) is 5.59. The lowest BCUT2D eigenvalue weighted by atomic mass is 9.96. The number of fused-ring (bicyclic) bond motifs is 1. The molecule has 1 amide bonds. The zero-order valence-electron chi connectivity index (χ0n) is 18.7. The molecule has 4 rings (SSSR count). The summed E-state index contributed by atoms with van der Waals surface area (Å²) < 4.78 is 22.1. The van der Waals surface area contributed by atoms with Crippen molar-refractivity contribution in [1.29, 1.82) is 0 Å². The number of carbonyl (C=O) groups excluding carboxylic acids is 2. The molecular weight excluding hydrogens is 410 g/mol. The number of alkyl carbamates (subject to hydrolysis) is 1. The average Bonchev–Trinajstić information content (AvgIpc) is 3.45. The van der Waals surface area contributed by atoms with Crippen molar-refractivity contribution in [3.63, 3.8) is 0 Å². The van der Waals surface area contributed by atoms with Crippen molar-refractivity contribution < 1.29 is 27.9 Å². The number of hydrogen-bond acceptors (Lipinski definition) is 6. The first-order valence-electron chi connectivity index (χ1n) is 10.6. The van der Waals surface area contributed by atoms with Crippen molar-refractivity contribution in [2.45, 2.75) is 51.7 Å². The molecule has 2 aromatic heterocycles. The van der Waals surface area contributed by atoms with Gasteiger partial charge in [-0.3, -0.25) is 0 Å². The zero-order chi connectivity index (χ0) is 22.9. The van der Waals surface area contributed by atoms with Crippen molar-refractivity contribution in [1.82, 2.24) is 5.32 Å². The molecule has 0 aliphatic heterocycles. The molecule has 1 N–H and O–H groups in total. The molecule has 2 heterocycles. The zero-order valence-corrected chi connectivity index (χ0v) is 18.7. The lowest BCUT2D eigenvalue weighted by Crippen LogP contribution is -2.57. The molecule has 0 atom stereocenters. The Bertz CT molecular complexity index is 1040. The molecule has 1 aliphatic rings. The van der Waals surface area contributed by atoms with Gasteiger partial charge in [0.15, 0.2) is 0 Å². The van der Waals surface area contributed by atoms with Gasteiger partial charge in [-0.1, -0.05) is 0 Å². The van der Waals surface area contributed by atoms with Crippen LogP contribution in [0.15, 0.2) is 57.8 Å². The van der Waals surface area contributed by atoms with Crippen LogP contribution in [-0.2, 0) is 27.1 Å². The largest absolute Gasteiger partial charge is 0.464 e. The first-order valence-corrected chi connectivity index (χ1v) is 10.6. The molecule has 32 heavy (non-hydrogen) atoms. The van der Waals surface area contributed by atoms with Crippen molar-refractivity contribution in [2.75, 3.05) is 6.61 Å². The molecule has 0 saturated carbocycles. The second-order valence-corrected chi connectivity index (χ2v) is 8.90. The average molecular weight is 437 g/mol. The Morgan fingerprint density at radius 2 is 1.53 bits per heavy atom. The van der Waals surface area contributed by atoms with E-state index in [1.807, 2.05) is 36.4 Å². The van der Waals surface area contributed by atoms with E-state index in [0.29, 0.717) is 11.5 Å². The van der Waals surface area contributed by atoms with Gasteiger partial charge >= 0.3 is 12.1 Å².